The Kier molecular flexibility index (Phi) is 4.74. The van der Waals surface area contributed by atoms with Crippen LogP contribution in [0.25, 0.3) is 5.70 Å². The molecule has 22 heavy (non-hydrogen) atoms. The zero-order valence-corrected chi connectivity index (χ0v) is 13.9. The molecule has 0 atom stereocenters. The van der Waals surface area contributed by atoms with E-state index in [-0.39, 0.29) is 6.61 Å². The number of hydrogen-bond acceptors (Lipinski definition) is 3. The third-order valence-corrected chi connectivity index (χ3v) is 4.02. The second-order valence-electron chi connectivity index (χ2n) is 4.73. The largest absolute Gasteiger partial charge is 0.443 e. The molecule has 3 rings (SSSR count). The van der Waals surface area contributed by atoms with E-state index in [0.717, 1.165) is 20.4 Å². The molecule has 0 aromatic heterocycles. The zero-order chi connectivity index (χ0) is 15.4. The van der Waals surface area contributed by atoms with Crippen LogP contribution in [-0.4, -0.2) is 17.8 Å². The number of halogens is 1. The molecule has 0 fully saturated rings. The van der Waals surface area contributed by atoms with Gasteiger partial charge in [0.2, 0.25) is 0 Å². The molecule has 0 N–H and O–H groups in total. The van der Waals surface area contributed by atoms with Gasteiger partial charge in [-0.25, -0.2) is 4.79 Å². The highest BCUT2D eigenvalue weighted by Crippen LogP contribution is 2.33. The van der Waals surface area contributed by atoms with Gasteiger partial charge in [-0.15, -0.1) is 0 Å². The Balaban J connectivity index is 1.72. The van der Waals surface area contributed by atoms with E-state index in [0.29, 0.717) is 6.61 Å². The first kappa shape index (κ1) is 15.1. The SMILES string of the molecule is O=C(OCc1ccccc1)N1OCC(I)=C1c1ccccc1. The average Bonchev–Trinajstić information content (AvgIpc) is 2.96. The van der Waals surface area contributed by atoms with E-state index in [1.54, 1.807) is 0 Å². The predicted octanol–water partition coefficient (Wildman–Crippen LogP) is 4.37. The van der Waals surface area contributed by atoms with Gasteiger partial charge in [-0.05, 0) is 28.2 Å². The molecule has 0 saturated heterocycles. The van der Waals surface area contributed by atoms with E-state index in [1.807, 2.05) is 60.7 Å². The first-order valence-corrected chi connectivity index (χ1v) is 7.91. The summed E-state index contributed by atoms with van der Waals surface area (Å²) in [4.78, 5) is 17.7. The van der Waals surface area contributed by atoms with E-state index in [1.165, 1.54) is 5.06 Å². The Morgan fingerprint density at radius 3 is 2.41 bits per heavy atom. The number of rotatable bonds is 3. The summed E-state index contributed by atoms with van der Waals surface area (Å²) in [7, 11) is 0. The Morgan fingerprint density at radius 2 is 1.73 bits per heavy atom. The summed E-state index contributed by atoms with van der Waals surface area (Å²) in [6.07, 6.45) is -0.505. The molecule has 1 aliphatic rings. The molecule has 5 heteroatoms. The van der Waals surface area contributed by atoms with E-state index < -0.39 is 6.09 Å². The molecule has 1 amide bonds. The Labute approximate surface area is 142 Å². The van der Waals surface area contributed by atoms with Gasteiger partial charge in [0.15, 0.2) is 0 Å². The lowest BCUT2D eigenvalue weighted by molar-refractivity contribution is -0.0691. The van der Waals surface area contributed by atoms with Gasteiger partial charge in [-0.3, -0.25) is 4.84 Å². The lowest BCUT2D eigenvalue weighted by Crippen LogP contribution is -2.27. The van der Waals surface area contributed by atoms with Crippen molar-refractivity contribution >= 4 is 34.4 Å². The molecular formula is C17H14INO3. The van der Waals surface area contributed by atoms with Gasteiger partial charge in [-0.2, -0.15) is 5.06 Å². The fraction of sp³-hybridized carbons (Fsp3) is 0.118. The third kappa shape index (κ3) is 3.31. The molecule has 0 saturated carbocycles. The number of nitrogens with zero attached hydrogens (tertiary/aromatic N) is 1. The molecule has 0 aliphatic carbocycles. The molecular weight excluding hydrogens is 393 g/mol. The average molecular weight is 407 g/mol. The van der Waals surface area contributed by atoms with Crippen LogP contribution in [0.1, 0.15) is 11.1 Å². The first-order chi connectivity index (χ1) is 10.8. The quantitative estimate of drug-likeness (QED) is 0.710. The van der Waals surface area contributed by atoms with Gasteiger partial charge in [0.25, 0.3) is 0 Å². The van der Waals surface area contributed by atoms with Crippen LogP contribution in [0.4, 0.5) is 4.79 Å². The molecule has 0 spiro atoms. The maximum absolute atomic E-state index is 12.3. The maximum Gasteiger partial charge on any atom is 0.439 e. The van der Waals surface area contributed by atoms with Gasteiger partial charge in [0.05, 0.1) is 5.70 Å². The van der Waals surface area contributed by atoms with Gasteiger partial charge in [-0.1, -0.05) is 60.7 Å². The van der Waals surface area contributed by atoms with Crippen LogP contribution in [0.15, 0.2) is 64.2 Å². The number of hydrogen-bond donors (Lipinski definition) is 0. The highest BCUT2D eigenvalue weighted by atomic mass is 127. The minimum Gasteiger partial charge on any atom is -0.443 e. The van der Waals surface area contributed by atoms with Gasteiger partial charge < -0.3 is 4.74 Å². The summed E-state index contributed by atoms with van der Waals surface area (Å²) >= 11 is 2.19. The van der Waals surface area contributed by atoms with Crippen molar-refractivity contribution in [2.75, 3.05) is 6.61 Å². The second-order valence-corrected chi connectivity index (χ2v) is 6.03. The van der Waals surface area contributed by atoms with E-state index in [9.17, 15) is 4.79 Å². The monoisotopic (exact) mass is 407 g/mol. The van der Waals surface area contributed by atoms with Crippen molar-refractivity contribution in [2.45, 2.75) is 6.61 Å². The van der Waals surface area contributed by atoms with Crippen molar-refractivity contribution in [1.82, 2.24) is 5.06 Å². The van der Waals surface area contributed by atoms with Crippen molar-refractivity contribution in [1.29, 1.82) is 0 Å². The minimum absolute atomic E-state index is 0.220. The molecule has 2 aromatic rings. The fourth-order valence-electron chi connectivity index (χ4n) is 2.16. The highest BCUT2D eigenvalue weighted by Gasteiger charge is 2.30. The second kappa shape index (κ2) is 6.93. The lowest BCUT2D eigenvalue weighted by atomic mass is 10.1. The molecule has 1 aliphatic heterocycles. The van der Waals surface area contributed by atoms with Crippen LogP contribution in [0.3, 0.4) is 0 Å². The summed E-state index contributed by atoms with van der Waals surface area (Å²) in [5.74, 6) is 0. The number of hydroxylamine groups is 2. The van der Waals surface area contributed by atoms with Gasteiger partial charge in [0, 0.05) is 9.14 Å². The van der Waals surface area contributed by atoms with Crippen LogP contribution in [0, 0.1) is 0 Å². The number of amides is 1. The third-order valence-electron chi connectivity index (χ3n) is 3.20. The van der Waals surface area contributed by atoms with Crippen molar-refractivity contribution in [2.24, 2.45) is 0 Å². The number of carbonyl (C=O) groups excluding carboxylic acids is 1. The van der Waals surface area contributed by atoms with Crippen LogP contribution in [0.5, 0.6) is 0 Å². The Morgan fingerprint density at radius 1 is 1.09 bits per heavy atom. The van der Waals surface area contributed by atoms with Crippen LogP contribution >= 0.6 is 22.6 Å². The highest BCUT2D eigenvalue weighted by molar-refractivity contribution is 14.1. The molecule has 4 nitrogen and oxygen atoms in total. The molecule has 0 radical (unpaired) electrons. The van der Waals surface area contributed by atoms with Crippen molar-refractivity contribution in [3.8, 4) is 0 Å². The number of benzene rings is 2. The summed E-state index contributed by atoms with van der Waals surface area (Å²) in [6, 6.07) is 19.3. The van der Waals surface area contributed by atoms with E-state index >= 15 is 0 Å². The van der Waals surface area contributed by atoms with Crippen molar-refractivity contribution in [3.63, 3.8) is 0 Å². The molecule has 0 bridgehead atoms. The molecule has 0 unspecified atom stereocenters. The topological polar surface area (TPSA) is 38.8 Å². The summed E-state index contributed by atoms with van der Waals surface area (Å²) in [6.45, 7) is 0.601. The van der Waals surface area contributed by atoms with Gasteiger partial charge >= 0.3 is 6.09 Å². The standard InChI is InChI=1S/C17H14INO3/c18-15-12-22-19(16(15)14-9-5-2-6-10-14)17(20)21-11-13-7-3-1-4-8-13/h1-10H,11-12H2. The number of carbonyl (C=O) groups is 1. The smallest absolute Gasteiger partial charge is 0.439 e. The maximum atomic E-state index is 12.3. The fourth-order valence-corrected chi connectivity index (χ4v) is 2.83. The minimum atomic E-state index is -0.505. The first-order valence-electron chi connectivity index (χ1n) is 6.83. The molecule has 2 aromatic carbocycles. The Bertz CT molecular complexity index is 686. The Hall–Kier alpha value is -1.86. The zero-order valence-electron chi connectivity index (χ0n) is 11.7. The van der Waals surface area contributed by atoms with E-state index in [4.69, 9.17) is 9.57 Å². The van der Waals surface area contributed by atoms with Crippen molar-refractivity contribution < 1.29 is 14.4 Å². The van der Waals surface area contributed by atoms with Crippen molar-refractivity contribution in [3.05, 3.63) is 75.4 Å². The summed E-state index contributed by atoms with van der Waals surface area (Å²) in [5, 5.41) is 1.24. The normalized spacial score (nSPS) is 14.3. The van der Waals surface area contributed by atoms with Gasteiger partial charge in [0.1, 0.15) is 13.2 Å². The van der Waals surface area contributed by atoms with Crippen LogP contribution in [0.2, 0.25) is 0 Å². The van der Waals surface area contributed by atoms with Crippen LogP contribution in [-0.2, 0) is 16.2 Å². The van der Waals surface area contributed by atoms with Crippen LogP contribution < -0.4 is 0 Å². The molecule has 1 heterocycles. The molecule has 112 valence electrons. The predicted molar refractivity (Wildman–Crippen MR) is 91.8 cm³/mol. The summed E-state index contributed by atoms with van der Waals surface area (Å²) in [5.41, 5.74) is 2.62. The van der Waals surface area contributed by atoms with E-state index in [2.05, 4.69) is 22.6 Å². The lowest BCUT2D eigenvalue weighted by Gasteiger charge is -2.18. The summed E-state index contributed by atoms with van der Waals surface area (Å²) < 4.78 is 6.31. The number of ether oxygens (including phenoxy) is 1.